The molecule has 0 bridgehead atoms. The summed E-state index contributed by atoms with van der Waals surface area (Å²) in [5.74, 6) is 1.36. The van der Waals surface area contributed by atoms with E-state index in [4.69, 9.17) is 5.21 Å². The smallest absolute Gasteiger partial charge is 0.202 e. The van der Waals surface area contributed by atoms with E-state index < -0.39 is 0 Å². The maximum atomic E-state index is 8.91. The summed E-state index contributed by atoms with van der Waals surface area (Å²) >= 11 is 0. The van der Waals surface area contributed by atoms with Crippen LogP contribution in [0.3, 0.4) is 0 Å². The number of nitrogens with one attached hydrogen (secondary N) is 2. The summed E-state index contributed by atoms with van der Waals surface area (Å²) in [6, 6.07) is 0. The summed E-state index contributed by atoms with van der Waals surface area (Å²) in [5.41, 5.74) is 0.375. The number of rotatable bonds is 6. The van der Waals surface area contributed by atoms with Crippen LogP contribution in [0.15, 0.2) is 9.78 Å². The Hall–Kier alpha value is -1.79. The molecule has 0 fully saturated rings. The SMILES string of the molecule is CNc1nonc1/C(=N\O)NCCCC(C)C. The molecule has 0 aliphatic rings. The first-order chi connectivity index (χ1) is 8.19. The maximum Gasteiger partial charge on any atom is 0.202 e. The van der Waals surface area contributed by atoms with E-state index in [2.05, 4.69) is 44.6 Å². The van der Waals surface area contributed by atoms with Gasteiger partial charge in [0.05, 0.1) is 0 Å². The van der Waals surface area contributed by atoms with Crippen molar-refractivity contribution in [2.75, 3.05) is 18.9 Å². The Labute approximate surface area is 100 Å². The number of aromatic nitrogens is 2. The predicted molar refractivity (Wildman–Crippen MR) is 64.2 cm³/mol. The molecule has 0 amide bonds. The number of oxime groups is 1. The lowest BCUT2D eigenvalue weighted by molar-refractivity contribution is 0.304. The molecule has 1 heterocycles. The molecule has 0 saturated carbocycles. The van der Waals surface area contributed by atoms with E-state index >= 15 is 0 Å². The van der Waals surface area contributed by atoms with Crippen LogP contribution in [0.1, 0.15) is 32.4 Å². The lowest BCUT2D eigenvalue weighted by Gasteiger charge is -2.07. The van der Waals surface area contributed by atoms with Crippen LogP contribution in [0.4, 0.5) is 5.82 Å². The second kappa shape index (κ2) is 6.72. The third kappa shape index (κ3) is 3.93. The predicted octanol–water partition coefficient (Wildman–Crippen LogP) is 1.27. The van der Waals surface area contributed by atoms with Crippen molar-refractivity contribution in [2.45, 2.75) is 26.7 Å². The summed E-state index contributed by atoms with van der Waals surface area (Å²) in [6.07, 6.45) is 2.11. The fourth-order valence-electron chi connectivity index (χ4n) is 1.39. The average Bonchev–Trinajstić information content (AvgIpc) is 2.77. The average molecular weight is 241 g/mol. The topological polar surface area (TPSA) is 95.6 Å². The van der Waals surface area contributed by atoms with Gasteiger partial charge in [-0.1, -0.05) is 19.0 Å². The third-order valence-electron chi connectivity index (χ3n) is 2.30. The molecule has 3 N–H and O–H groups in total. The van der Waals surface area contributed by atoms with E-state index in [-0.39, 0.29) is 5.84 Å². The third-order valence-corrected chi connectivity index (χ3v) is 2.30. The van der Waals surface area contributed by atoms with Gasteiger partial charge in [0, 0.05) is 13.6 Å². The molecule has 0 aliphatic carbocycles. The zero-order valence-electron chi connectivity index (χ0n) is 10.4. The number of hydrogen-bond acceptors (Lipinski definition) is 6. The fraction of sp³-hybridized carbons (Fsp3) is 0.700. The molecule has 7 heteroatoms. The molecular weight excluding hydrogens is 222 g/mol. The zero-order valence-corrected chi connectivity index (χ0v) is 10.4. The Kier molecular flexibility index (Phi) is 5.25. The number of hydrogen-bond donors (Lipinski definition) is 3. The lowest BCUT2D eigenvalue weighted by atomic mass is 10.1. The summed E-state index contributed by atoms with van der Waals surface area (Å²) < 4.78 is 4.57. The van der Waals surface area contributed by atoms with Crippen molar-refractivity contribution in [3.63, 3.8) is 0 Å². The normalized spacial score (nSPS) is 11.9. The molecule has 7 nitrogen and oxygen atoms in total. The van der Waals surface area contributed by atoms with Crippen molar-refractivity contribution in [3.8, 4) is 0 Å². The second-order valence-corrected chi connectivity index (χ2v) is 4.12. The van der Waals surface area contributed by atoms with Crippen LogP contribution in [0.25, 0.3) is 0 Å². The Morgan fingerprint density at radius 1 is 1.47 bits per heavy atom. The van der Waals surface area contributed by atoms with Crippen molar-refractivity contribution in [3.05, 3.63) is 5.69 Å². The molecule has 1 rings (SSSR count). The number of amidine groups is 1. The molecule has 0 radical (unpaired) electrons. The van der Waals surface area contributed by atoms with Gasteiger partial charge < -0.3 is 15.8 Å². The Balaban J connectivity index is 2.50. The maximum absolute atomic E-state index is 8.91. The Morgan fingerprint density at radius 2 is 2.24 bits per heavy atom. The summed E-state index contributed by atoms with van der Waals surface area (Å²) in [4.78, 5) is 0. The molecule has 0 spiro atoms. The van der Waals surface area contributed by atoms with Gasteiger partial charge >= 0.3 is 0 Å². The van der Waals surface area contributed by atoms with Crippen LogP contribution in [0.5, 0.6) is 0 Å². The minimum absolute atomic E-state index is 0.263. The number of nitrogens with zero attached hydrogens (tertiary/aromatic N) is 3. The standard InChI is InChI=1S/C10H19N5O2/c1-7(2)5-4-6-12-10(13-16)8-9(11-3)15-17-14-8/h7,16H,4-6H2,1-3H3,(H,11,15)(H,12,13). The molecule has 0 aromatic carbocycles. The van der Waals surface area contributed by atoms with Gasteiger partial charge in [0.1, 0.15) is 0 Å². The van der Waals surface area contributed by atoms with E-state index in [0.29, 0.717) is 24.0 Å². The molecule has 1 aromatic rings. The lowest BCUT2D eigenvalue weighted by Crippen LogP contribution is -2.27. The van der Waals surface area contributed by atoms with E-state index in [1.165, 1.54) is 0 Å². The van der Waals surface area contributed by atoms with Crippen molar-refractivity contribution in [2.24, 2.45) is 11.1 Å². The fourth-order valence-corrected chi connectivity index (χ4v) is 1.39. The van der Waals surface area contributed by atoms with Crippen LogP contribution in [-0.4, -0.2) is 34.9 Å². The molecule has 1 aromatic heterocycles. The summed E-state index contributed by atoms with van der Waals surface area (Å²) in [7, 11) is 1.69. The molecule has 0 saturated heterocycles. The van der Waals surface area contributed by atoms with Crippen LogP contribution in [-0.2, 0) is 0 Å². The first-order valence-corrected chi connectivity index (χ1v) is 5.65. The highest BCUT2D eigenvalue weighted by atomic mass is 16.6. The van der Waals surface area contributed by atoms with Gasteiger partial charge in [0.25, 0.3) is 0 Å². The van der Waals surface area contributed by atoms with Gasteiger partial charge in [-0.3, -0.25) is 0 Å². The molecule has 17 heavy (non-hydrogen) atoms. The Morgan fingerprint density at radius 3 is 2.82 bits per heavy atom. The minimum atomic E-state index is 0.263. The largest absolute Gasteiger partial charge is 0.409 e. The molecule has 0 unspecified atom stereocenters. The van der Waals surface area contributed by atoms with Gasteiger partial charge in [-0.15, -0.1) is 0 Å². The van der Waals surface area contributed by atoms with Crippen molar-refractivity contribution >= 4 is 11.7 Å². The quantitative estimate of drug-likeness (QED) is 0.228. The van der Waals surface area contributed by atoms with Crippen LogP contribution in [0.2, 0.25) is 0 Å². The van der Waals surface area contributed by atoms with Crippen LogP contribution >= 0.6 is 0 Å². The van der Waals surface area contributed by atoms with E-state index in [1.807, 2.05) is 0 Å². The van der Waals surface area contributed by atoms with E-state index in [0.717, 1.165) is 12.8 Å². The van der Waals surface area contributed by atoms with Gasteiger partial charge in [-0.05, 0) is 29.1 Å². The highest BCUT2D eigenvalue weighted by Gasteiger charge is 2.15. The highest BCUT2D eigenvalue weighted by Crippen LogP contribution is 2.08. The second-order valence-electron chi connectivity index (χ2n) is 4.12. The minimum Gasteiger partial charge on any atom is -0.409 e. The summed E-state index contributed by atoms with van der Waals surface area (Å²) in [5, 5.41) is 25.2. The molecule has 0 aliphatic heterocycles. The molecular formula is C10H19N5O2. The van der Waals surface area contributed by atoms with E-state index in [9.17, 15) is 0 Å². The molecule has 0 atom stereocenters. The van der Waals surface area contributed by atoms with Crippen molar-refractivity contribution in [1.82, 2.24) is 15.6 Å². The van der Waals surface area contributed by atoms with E-state index in [1.54, 1.807) is 7.05 Å². The van der Waals surface area contributed by atoms with Crippen LogP contribution < -0.4 is 10.6 Å². The van der Waals surface area contributed by atoms with Crippen LogP contribution in [0, 0.1) is 5.92 Å². The Bertz CT molecular complexity index is 361. The first kappa shape index (κ1) is 13.3. The van der Waals surface area contributed by atoms with Gasteiger partial charge in [-0.2, -0.15) is 0 Å². The van der Waals surface area contributed by atoms with Gasteiger partial charge in [-0.25, -0.2) is 4.63 Å². The van der Waals surface area contributed by atoms with Gasteiger partial charge in [0.2, 0.25) is 5.82 Å². The number of anilines is 1. The summed E-state index contributed by atoms with van der Waals surface area (Å²) in [6.45, 7) is 5.05. The van der Waals surface area contributed by atoms with Crippen molar-refractivity contribution in [1.29, 1.82) is 0 Å². The highest BCUT2D eigenvalue weighted by molar-refractivity contribution is 6.00. The monoisotopic (exact) mass is 241 g/mol. The molecule has 96 valence electrons. The van der Waals surface area contributed by atoms with Crippen molar-refractivity contribution < 1.29 is 9.84 Å². The zero-order chi connectivity index (χ0) is 12.7. The first-order valence-electron chi connectivity index (χ1n) is 5.65. The van der Waals surface area contributed by atoms with Gasteiger partial charge in [0.15, 0.2) is 11.5 Å².